The Labute approximate surface area is 106 Å². The Hall–Kier alpha value is -0.570. The van der Waals surface area contributed by atoms with E-state index in [1.807, 2.05) is 0 Å². The van der Waals surface area contributed by atoms with Crippen molar-refractivity contribution in [1.29, 1.82) is 0 Å². The third-order valence-corrected chi connectivity index (χ3v) is 4.18. The smallest absolute Gasteiger partial charge is 0.230 e. The molecule has 0 heterocycles. The SMILES string of the molecule is CC1=C(C)C(CCNC(=O)CBr)C(C)=C1C. The number of amides is 1. The Balaban J connectivity index is 2.54. The number of rotatable bonds is 4. The van der Waals surface area contributed by atoms with Gasteiger partial charge < -0.3 is 5.32 Å². The van der Waals surface area contributed by atoms with Crippen molar-refractivity contribution in [3.63, 3.8) is 0 Å². The van der Waals surface area contributed by atoms with Crippen LogP contribution >= 0.6 is 15.9 Å². The van der Waals surface area contributed by atoms with Crippen LogP contribution < -0.4 is 5.32 Å². The van der Waals surface area contributed by atoms with E-state index in [4.69, 9.17) is 0 Å². The molecule has 0 fully saturated rings. The van der Waals surface area contributed by atoms with Crippen LogP contribution in [0.2, 0.25) is 0 Å². The first-order valence-corrected chi connectivity index (χ1v) is 6.79. The summed E-state index contributed by atoms with van der Waals surface area (Å²) in [5.74, 6) is 0.588. The van der Waals surface area contributed by atoms with Crippen LogP contribution in [-0.4, -0.2) is 17.8 Å². The van der Waals surface area contributed by atoms with Crippen molar-refractivity contribution in [3.8, 4) is 0 Å². The zero-order valence-corrected chi connectivity index (χ0v) is 12.1. The molecule has 0 aliphatic heterocycles. The largest absolute Gasteiger partial charge is 0.355 e. The topological polar surface area (TPSA) is 29.1 Å². The monoisotopic (exact) mass is 285 g/mol. The summed E-state index contributed by atoms with van der Waals surface area (Å²) >= 11 is 3.14. The number of carbonyl (C=O) groups excluding carboxylic acids is 1. The van der Waals surface area contributed by atoms with Crippen LogP contribution in [0.1, 0.15) is 34.1 Å². The second kappa shape index (κ2) is 5.67. The minimum atomic E-state index is 0.0645. The van der Waals surface area contributed by atoms with Crippen molar-refractivity contribution in [2.45, 2.75) is 34.1 Å². The molecule has 0 unspecified atom stereocenters. The van der Waals surface area contributed by atoms with Crippen LogP contribution in [0.15, 0.2) is 22.3 Å². The van der Waals surface area contributed by atoms with Gasteiger partial charge in [-0.05, 0) is 45.3 Å². The molecule has 1 aliphatic rings. The molecule has 0 aromatic carbocycles. The van der Waals surface area contributed by atoms with Crippen LogP contribution in [0.3, 0.4) is 0 Å². The lowest BCUT2D eigenvalue weighted by atomic mass is 9.93. The van der Waals surface area contributed by atoms with Gasteiger partial charge >= 0.3 is 0 Å². The molecule has 0 radical (unpaired) electrons. The van der Waals surface area contributed by atoms with Crippen LogP contribution in [0, 0.1) is 5.92 Å². The van der Waals surface area contributed by atoms with E-state index in [-0.39, 0.29) is 5.91 Å². The van der Waals surface area contributed by atoms with E-state index >= 15 is 0 Å². The molecule has 0 saturated heterocycles. The number of halogens is 1. The fourth-order valence-electron chi connectivity index (χ4n) is 2.28. The minimum absolute atomic E-state index is 0.0645. The molecule has 0 aromatic heterocycles. The predicted molar refractivity (Wildman–Crippen MR) is 71.7 cm³/mol. The highest BCUT2D eigenvalue weighted by Crippen LogP contribution is 2.38. The second-order valence-corrected chi connectivity index (χ2v) is 5.00. The van der Waals surface area contributed by atoms with Crippen molar-refractivity contribution >= 4 is 21.8 Å². The van der Waals surface area contributed by atoms with E-state index in [1.165, 1.54) is 22.3 Å². The quantitative estimate of drug-likeness (QED) is 0.790. The fraction of sp³-hybridized carbons (Fsp3) is 0.615. The summed E-state index contributed by atoms with van der Waals surface area (Å²) in [5.41, 5.74) is 5.77. The number of hydrogen-bond donors (Lipinski definition) is 1. The Kier molecular flexibility index (Phi) is 4.78. The number of carbonyl (C=O) groups is 1. The zero-order valence-electron chi connectivity index (χ0n) is 10.5. The Morgan fingerprint density at radius 1 is 1.19 bits per heavy atom. The number of hydrogen-bond acceptors (Lipinski definition) is 1. The summed E-state index contributed by atoms with van der Waals surface area (Å²) in [4.78, 5) is 11.1. The van der Waals surface area contributed by atoms with Gasteiger partial charge in [-0.1, -0.05) is 27.1 Å². The third-order valence-electron chi connectivity index (χ3n) is 3.67. The Bertz CT molecular complexity index is 331. The van der Waals surface area contributed by atoms with Gasteiger partial charge in [-0.25, -0.2) is 0 Å². The van der Waals surface area contributed by atoms with Gasteiger partial charge in [-0.3, -0.25) is 4.79 Å². The van der Waals surface area contributed by atoms with Crippen molar-refractivity contribution in [1.82, 2.24) is 5.32 Å². The van der Waals surface area contributed by atoms with Gasteiger partial charge in [-0.2, -0.15) is 0 Å². The van der Waals surface area contributed by atoms with E-state index in [0.717, 1.165) is 13.0 Å². The average Bonchev–Trinajstić information content (AvgIpc) is 2.46. The first-order valence-electron chi connectivity index (χ1n) is 5.66. The molecule has 0 spiro atoms. The fourth-order valence-corrected chi connectivity index (χ4v) is 2.47. The maximum atomic E-state index is 11.1. The molecule has 1 N–H and O–H groups in total. The first kappa shape index (κ1) is 13.5. The van der Waals surface area contributed by atoms with E-state index < -0.39 is 0 Å². The summed E-state index contributed by atoms with van der Waals surface area (Å²) in [6.45, 7) is 9.53. The van der Waals surface area contributed by atoms with Crippen LogP contribution in [0.5, 0.6) is 0 Å². The number of nitrogens with one attached hydrogen (secondary N) is 1. The summed E-state index contributed by atoms with van der Waals surface area (Å²) in [6, 6.07) is 0. The third kappa shape index (κ3) is 2.76. The van der Waals surface area contributed by atoms with Gasteiger partial charge in [0.05, 0.1) is 5.33 Å². The second-order valence-electron chi connectivity index (χ2n) is 4.44. The molecule has 1 amide bonds. The van der Waals surface area contributed by atoms with E-state index in [1.54, 1.807) is 0 Å². The molecular formula is C13H20BrNO. The summed E-state index contributed by atoms with van der Waals surface area (Å²) in [7, 11) is 0. The first-order chi connectivity index (χ1) is 7.49. The molecule has 0 bridgehead atoms. The standard InChI is InChI=1S/C13H20BrNO/c1-8-9(2)11(4)12(10(8)3)5-6-15-13(16)7-14/h12H,5-7H2,1-4H3,(H,15,16). The molecule has 0 aromatic rings. The molecule has 0 saturated carbocycles. The van der Waals surface area contributed by atoms with Gasteiger partial charge in [0.2, 0.25) is 5.91 Å². The molecule has 1 aliphatic carbocycles. The van der Waals surface area contributed by atoms with E-state index in [9.17, 15) is 4.79 Å². The van der Waals surface area contributed by atoms with Gasteiger partial charge in [0.15, 0.2) is 0 Å². The predicted octanol–water partition coefficient (Wildman–Crippen LogP) is 3.19. The highest BCUT2D eigenvalue weighted by Gasteiger charge is 2.23. The zero-order chi connectivity index (χ0) is 12.3. The number of allylic oxidation sites excluding steroid dienone is 4. The molecular weight excluding hydrogens is 266 g/mol. The molecule has 3 heteroatoms. The highest BCUT2D eigenvalue weighted by molar-refractivity contribution is 9.09. The van der Waals surface area contributed by atoms with Crippen molar-refractivity contribution in [2.24, 2.45) is 5.92 Å². The maximum absolute atomic E-state index is 11.1. The average molecular weight is 286 g/mol. The number of alkyl halides is 1. The van der Waals surface area contributed by atoms with Crippen LogP contribution in [0.4, 0.5) is 0 Å². The summed E-state index contributed by atoms with van der Waals surface area (Å²) in [5, 5.41) is 3.29. The van der Waals surface area contributed by atoms with Gasteiger partial charge in [0.25, 0.3) is 0 Å². The normalized spacial score (nSPS) is 17.3. The maximum Gasteiger partial charge on any atom is 0.230 e. The molecule has 1 rings (SSSR count). The minimum Gasteiger partial charge on any atom is -0.355 e. The highest BCUT2D eigenvalue weighted by atomic mass is 79.9. The molecule has 0 atom stereocenters. The Morgan fingerprint density at radius 3 is 2.12 bits per heavy atom. The van der Waals surface area contributed by atoms with Crippen LogP contribution in [0.25, 0.3) is 0 Å². The lowest BCUT2D eigenvalue weighted by Gasteiger charge is -2.15. The van der Waals surface area contributed by atoms with Crippen molar-refractivity contribution in [3.05, 3.63) is 22.3 Å². The van der Waals surface area contributed by atoms with E-state index in [0.29, 0.717) is 11.2 Å². The van der Waals surface area contributed by atoms with Gasteiger partial charge in [-0.15, -0.1) is 0 Å². The van der Waals surface area contributed by atoms with Gasteiger partial charge in [0, 0.05) is 12.5 Å². The van der Waals surface area contributed by atoms with Crippen molar-refractivity contribution in [2.75, 3.05) is 11.9 Å². The molecule has 16 heavy (non-hydrogen) atoms. The summed E-state index contributed by atoms with van der Waals surface area (Å²) < 4.78 is 0. The lowest BCUT2D eigenvalue weighted by Crippen LogP contribution is -2.26. The van der Waals surface area contributed by atoms with Gasteiger partial charge in [0.1, 0.15) is 0 Å². The van der Waals surface area contributed by atoms with Crippen molar-refractivity contribution < 1.29 is 4.79 Å². The van der Waals surface area contributed by atoms with E-state index in [2.05, 4.69) is 48.9 Å². The van der Waals surface area contributed by atoms with Crippen LogP contribution in [-0.2, 0) is 4.79 Å². The Morgan fingerprint density at radius 2 is 1.69 bits per heavy atom. The molecule has 90 valence electrons. The molecule has 2 nitrogen and oxygen atoms in total. The lowest BCUT2D eigenvalue weighted by molar-refractivity contribution is -0.118. The summed E-state index contributed by atoms with van der Waals surface area (Å²) in [6.07, 6.45) is 1.01.